The number of sulfone groups is 1. The molecule has 0 radical (unpaired) electrons. The molecule has 6 nitrogen and oxygen atoms in total. The fourth-order valence-electron chi connectivity index (χ4n) is 15.1. The van der Waals surface area contributed by atoms with E-state index in [-0.39, 0.29) is 38.9 Å². The average Bonchev–Trinajstić information content (AvgIpc) is 3.48. The Labute approximate surface area is 321 Å². The quantitative estimate of drug-likeness (QED) is 0.229. The largest absolute Gasteiger partial charge is 0.481 e. The summed E-state index contributed by atoms with van der Waals surface area (Å²) in [5, 5.41) is 13.9. The number of likely N-dealkylation sites (tertiary alicyclic amines) is 1. The highest BCUT2D eigenvalue weighted by molar-refractivity contribution is 7.91. The monoisotopic (exact) mass is 755 g/mol. The topological polar surface area (TPSA) is 86.7 Å². The molecule has 5 fully saturated rings. The van der Waals surface area contributed by atoms with Gasteiger partial charge in [0.25, 0.3) is 0 Å². The van der Waals surface area contributed by atoms with E-state index in [0.717, 1.165) is 45.4 Å². The Kier molecular flexibility index (Phi) is 10.2. The van der Waals surface area contributed by atoms with Crippen LogP contribution in [0.1, 0.15) is 131 Å². The van der Waals surface area contributed by atoms with Crippen molar-refractivity contribution in [2.45, 2.75) is 142 Å². The van der Waals surface area contributed by atoms with Crippen LogP contribution >= 0.6 is 0 Å². The van der Waals surface area contributed by atoms with E-state index in [2.05, 4.69) is 70.5 Å². The van der Waals surface area contributed by atoms with Crippen molar-refractivity contribution in [2.24, 2.45) is 56.7 Å². The van der Waals surface area contributed by atoms with Crippen molar-refractivity contribution in [3.05, 3.63) is 35.5 Å². The first kappa shape index (κ1) is 39.7. The van der Waals surface area contributed by atoms with E-state index < -0.39 is 27.9 Å². The number of piperidine rings is 1. The van der Waals surface area contributed by atoms with Crippen LogP contribution in [0.4, 0.5) is 4.39 Å². The van der Waals surface area contributed by atoms with Crippen LogP contribution in [0.25, 0.3) is 0 Å². The molecule has 8 heteroatoms. The molecule has 4 saturated carbocycles. The standard InChI is InChI=1S/C45H71FN2O4S/c1-30(2)33-13-22-45(47-25-28-48-26-16-32(17-27-48)53(8,51)52)24-23-42(6)35(38(33)45)9-10-37-41(5)18-14-34(40(3,4)36(41)15-19-43(37,42)7)31-11-20-44(29-46,21-12-31)39(49)50/h11,14,32-33,35-38,47H,1,9-10,12-13,15-29H2,2-8H3,(H,49,50)/t33-,35?,36-,37+,38+,41-,42+,43+,44+,45-/m0/s1. The number of nitrogens with one attached hydrogen (secondary N) is 1. The maximum absolute atomic E-state index is 14.0. The number of carboxylic acids is 1. The van der Waals surface area contributed by atoms with Crippen molar-refractivity contribution in [3.63, 3.8) is 0 Å². The maximum atomic E-state index is 14.0. The minimum absolute atomic E-state index is 0.0148. The van der Waals surface area contributed by atoms with Crippen LogP contribution in [0, 0.1) is 56.7 Å². The van der Waals surface area contributed by atoms with E-state index in [1.54, 1.807) is 0 Å². The molecule has 0 bridgehead atoms. The second kappa shape index (κ2) is 13.6. The molecule has 1 heterocycles. The van der Waals surface area contributed by atoms with Crippen molar-refractivity contribution in [1.29, 1.82) is 0 Å². The summed E-state index contributed by atoms with van der Waals surface area (Å²) < 4.78 is 38.3. The van der Waals surface area contributed by atoms with Gasteiger partial charge in [-0.2, -0.15) is 0 Å². The summed E-state index contributed by atoms with van der Waals surface area (Å²) in [6.07, 6.45) is 19.9. The highest BCUT2D eigenvalue weighted by Crippen LogP contribution is 2.76. The van der Waals surface area contributed by atoms with E-state index >= 15 is 0 Å². The van der Waals surface area contributed by atoms with Crippen LogP contribution in [-0.4, -0.2) is 74.3 Å². The third kappa shape index (κ3) is 6.10. The van der Waals surface area contributed by atoms with E-state index in [9.17, 15) is 22.7 Å². The molecule has 1 unspecified atom stereocenters. The molecular formula is C45H71FN2O4S. The lowest BCUT2D eigenvalue weighted by molar-refractivity contribution is -0.221. The molecule has 298 valence electrons. The van der Waals surface area contributed by atoms with Crippen molar-refractivity contribution in [3.8, 4) is 0 Å². The number of carbonyl (C=O) groups is 1. The molecular weight excluding hydrogens is 684 g/mol. The molecule has 0 aromatic rings. The zero-order valence-electron chi connectivity index (χ0n) is 34.2. The minimum Gasteiger partial charge on any atom is -0.481 e. The van der Waals surface area contributed by atoms with Crippen LogP contribution in [0.15, 0.2) is 35.5 Å². The molecule has 1 saturated heterocycles. The molecule has 2 N–H and O–H groups in total. The Morgan fingerprint density at radius 1 is 0.925 bits per heavy atom. The van der Waals surface area contributed by atoms with Crippen molar-refractivity contribution in [1.82, 2.24) is 10.2 Å². The molecule has 1 aliphatic heterocycles. The normalized spacial score (nSPS) is 44.5. The smallest absolute Gasteiger partial charge is 0.312 e. The van der Waals surface area contributed by atoms with Gasteiger partial charge in [0.2, 0.25) is 0 Å². The predicted octanol–water partition coefficient (Wildman–Crippen LogP) is 9.18. The minimum atomic E-state index is -2.96. The fourth-order valence-corrected chi connectivity index (χ4v) is 16.2. The number of allylic oxidation sites excluding steroid dienone is 5. The molecule has 0 aromatic heterocycles. The second-order valence-electron chi connectivity index (χ2n) is 20.8. The maximum Gasteiger partial charge on any atom is 0.312 e. The summed E-state index contributed by atoms with van der Waals surface area (Å²) in [6, 6.07) is 0. The molecule has 0 amide bonds. The molecule has 0 aromatic carbocycles. The van der Waals surface area contributed by atoms with Gasteiger partial charge in [-0.15, -0.1) is 0 Å². The van der Waals surface area contributed by atoms with E-state index in [1.165, 1.54) is 74.3 Å². The molecule has 7 rings (SSSR count). The van der Waals surface area contributed by atoms with Gasteiger partial charge in [-0.1, -0.05) is 58.9 Å². The first-order valence-corrected chi connectivity index (χ1v) is 23.2. The number of rotatable bonds is 9. The van der Waals surface area contributed by atoms with Crippen LogP contribution in [0.2, 0.25) is 0 Å². The molecule has 0 spiro atoms. The van der Waals surface area contributed by atoms with Crippen molar-refractivity contribution in [2.75, 3.05) is 39.1 Å². The van der Waals surface area contributed by atoms with Crippen LogP contribution in [0.5, 0.6) is 0 Å². The SMILES string of the molecule is C=C(C)[C@@H]1CC[C@]2(NCCN3CCC(S(C)(=O)=O)CC3)CC[C@]3(C)C(CC[C@@H]4[C@@]5(C)CC=C(C6=CC[C@@](CF)(C(=O)O)CC6)C(C)(C)[C@@H]5CC[C@]43C)[C@@H]12. The zero-order valence-corrected chi connectivity index (χ0v) is 35.0. The summed E-state index contributed by atoms with van der Waals surface area (Å²) in [5.41, 5.74) is 3.65. The van der Waals surface area contributed by atoms with E-state index in [4.69, 9.17) is 0 Å². The number of halogens is 1. The Hall–Kier alpha value is -1.51. The van der Waals surface area contributed by atoms with Gasteiger partial charge in [-0.3, -0.25) is 4.79 Å². The Morgan fingerprint density at radius 3 is 2.25 bits per heavy atom. The lowest BCUT2D eigenvalue weighted by Crippen LogP contribution is -2.68. The van der Waals surface area contributed by atoms with Gasteiger partial charge >= 0.3 is 5.97 Å². The van der Waals surface area contributed by atoms with Crippen LogP contribution < -0.4 is 5.32 Å². The van der Waals surface area contributed by atoms with Gasteiger partial charge in [0, 0.05) is 24.9 Å². The molecule has 53 heavy (non-hydrogen) atoms. The molecule has 6 aliphatic carbocycles. The summed E-state index contributed by atoms with van der Waals surface area (Å²) in [6.45, 7) is 22.8. The summed E-state index contributed by atoms with van der Waals surface area (Å²) in [5.74, 6) is 2.04. The Morgan fingerprint density at radius 2 is 1.64 bits per heavy atom. The van der Waals surface area contributed by atoms with E-state index in [0.29, 0.717) is 42.4 Å². The Balaban J connectivity index is 1.11. The highest BCUT2D eigenvalue weighted by Gasteiger charge is 2.70. The number of aliphatic carboxylic acids is 1. The van der Waals surface area contributed by atoms with Gasteiger partial charge in [0.1, 0.15) is 16.5 Å². The number of carboxylic acid groups (broad SMARTS) is 1. The summed E-state index contributed by atoms with van der Waals surface area (Å²) >= 11 is 0. The van der Waals surface area contributed by atoms with Crippen LogP contribution in [-0.2, 0) is 14.6 Å². The van der Waals surface area contributed by atoms with Gasteiger partial charge in [0.15, 0.2) is 0 Å². The zero-order chi connectivity index (χ0) is 38.4. The lowest BCUT2D eigenvalue weighted by Gasteiger charge is -2.72. The van der Waals surface area contributed by atoms with Crippen LogP contribution in [0.3, 0.4) is 0 Å². The molecule has 7 aliphatic rings. The number of alkyl halides is 1. The van der Waals surface area contributed by atoms with Gasteiger partial charge in [-0.25, -0.2) is 12.8 Å². The highest BCUT2D eigenvalue weighted by atomic mass is 32.2. The Bertz CT molecular complexity index is 1650. The first-order valence-electron chi connectivity index (χ1n) is 21.3. The van der Waals surface area contributed by atoms with Crippen molar-refractivity contribution < 1.29 is 22.7 Å². The number of hydrogen-bond acceptors (Lipinski definition) is 5. The first-order chi connectivity index (χ1) is 24.8. The molecule has 10 atom stereocenters. The summed E-state index contributed by atoms with van der Waals surface area (Å²) in [4.78, 5) is 14.5. The third-order valence-corrected chi connectivity index (χ3v) is 20.0. The van der Waals surface area contributed by atoms with E-state index in [1.807, 2.05) is 0 Å². The number of nitrogens with zero attached hydrogens (tertiary/aromatic N) is 1. The van der Waals surface area contributed by atoms with Gasteiger partial charge < -0.3 is 15.3 Å². The second-order valence-corrected chi connectivity index (χ2v) is 23.2. The van der Waals surface area contributed by atoms with Crippen molar-refractivity contribution >= 4 is 15.8 Å². The lowest BCUT2D eigenvalue weighted by atomic mass is 9.33. The number of hydrogen-bond donors (Lipinski definition) is 2. The fraction of sp³-hybridized carbons (Fsp3) is 0.844. The number of fused-ring (bicyclic) bond motifs is 7. The third-order valence-electron chi connectivity index (χ3n) is 18.4. The van der Waals surface area contributed by atoms with Gasteiger partial charge in [-0.05, 0) is 172 Å². The average molecular weight is 755 g/mol. The predicted molar refractivity (Wildman–Crippen MR) is 213 cm³/mol. The van der Waals surface area contributed by atoms with Gasteiger partial charge in [0.05, 0.1) is 10.7 Å². The summed E-state index contributed by atoms with van der Waals surface area (Å²) in [7, 11) is -2.96.